The number of aromatic nitrogens is 3. The third-order valence-corrected chi connectivity index (χ3v) is 7.32. The van der Waals surface area contributed by atoms with E-state index in [4.69, 9.17) is 16.6 Å². The molecule has 1 aliphatic rings. The zero-order valence-corrected chi connectivity index (χ0v) is 22.1. The molecule has 0 amide bonds. The maximum atomic E-state index is 12.9. The third kappa shape index (κ3) is 5.37. The number of benzene rings is 2. The van der Waals surface area contributed by atoms with E-state index >= 15 is 0 Å². The number of aliphatic hydroxyl groups excluding tert-OH is 1. The lowest BCUT2D eigenvalue weighted by Crippen LogP contribution is -2.48. The van der Waals surface area contributed by atoms with Crippen LogP contribution in [-0.2, 0) is 0 Å². The summed E-state index contributed by atoms with van der Waals surface area (Å²) in [4.78, 5) is 28.7. The van der Waals surface area contributed by atoms with Crippen LogP contribution in [0, 0.1) is 6.92 Å². The van der Waals surface area contributed by atoms with Gasteiger partial charge in [-0.25, -0.2) is 4.98 Å². The number of anilines is 2. The molecule has 1 aliphatic heterocycles. The quantitative estimate of drug-likeness (QED) is 0.285. The van der Waals surface area contributed by atoms with Crippen molar-refractivity contribution < 1.29 is 5.11 Å². The Hall–Kier alpha value is -3.33. The van der Waals surface area contributed by atoms with E-state index in [0.29, 0.717) is 33.7 Å². The molecule has 37 heavy (non-hydrogen) atoms. The summed E-state index contributed by atoms with van der Waals surface area (Å²) in [5.41, 5.74) is 5.39. The van der Waals surface area contributed by atoms with Gasteiger partial charge in [-0.1, -0.05) is 23.7 Å². The van der Waals surface area contributed by atoms with Gasteiger partial charge in [0.05, 0.1) is 22.8 Å². The van der Waals surface area contributed by atoms with Gasteiger partial charge in [0, 0.05) is 55.7 Å². The van der Waals surface area contributed by atoms with Crippen LogP contribution in [0.4, 0.5) is 11.4 Å². The fourth-order valence-corrected chi connectivity index (χ4v) is 5.17. The molecule has 4 N–H and O–H groups in total. The van der Waals surface area contributed by atoms with E-state index in [1.54, 1.807) is 30.5 Å². The molecule has 0 aliphatic carbocycles. The predicted octanol–water partition coefficient (Wildman–Crippen LogP) is 4.56. The highest BCUT2D eigenvalue weighted by molar-refractivity contribution is 6.30. The first-order valence-electron chi connectivity index (χ1n) is 12.7. The molecule has 3 heterocycles. The Morgan fingerprint density at radius 1 is 1.14 bits per heavy atom. The highest BCUT2D eigenvalue weighted by Gasteiger charge is 2.21. The second kappa shape index (κ2) is 10.6. The Morgan fingerprint density at radius 3 is 2.65 bits per heavy atom. The number of rotatable bonds is 7. The van der Waals surface area contributed by atoms with Crippen molar-refractivity contribution >= 4 is 34.0 Å². The van der Waals surface area contributed by atoms with Gasteiger partial charge in [0.15, 0.2) is 0 Å². The fourth-order valence-electron chi connectivity index (χ4n) is 4.97. The van der Waals surface area contributed by atoms with E-state index in [1.165, 1.54) is 0 Å². The van der Waals surface area contributed by atoms with Gasteiger partial charge in [-0.05, 0) is 62.2 Å². The Kier molecular flexibility index (Phi) is 7.24. The summed E-state index contributed by atoms with van der Waals surface area (Å²) in [5.74, 6) is 0.487. The summed E-state index contributed by atoms with van der Waals surface area (Å²) in [6.45, 7) is 10.8. The lowest BCUT2D eigenvalue weighted by atomic mass is 10.1. The summed E-state index contributed by atoms with van der Waals surface area (Å²) in [6, 6.07) is 13.7. The molecule has 9 heteroatoms. The second-order valence-electron chi connectivity index (χ2n) is 9.91. The highest BCUT2D eigenvalue weighted by Crippen LogP contribution is 2.30. The van der Waals surface area contributed by atoms with Gasteiger partial charge in [0.25, 0.3) is 5.56 Å². The Morgan fingerprint density at radius 2 is 1.92 bits per heavy atom. The number of nitrogens with zero attached hydrogens (tertiary/aromatic N) is 3. The van der Waals surface area contributed by atoms with Crippen molar-refractivity contribution in [3.63, 3.8) is 0 Å². The number of imidazole rings is 1. The molecule has 1 fully saturated rings. The summed E-state index contributed by atoms with van der Waals surface area (Å²) in [5, 5.41) is 14.4. The smallest absolute Gasteiger partial charge is 0.261 e. The molecule has 4 aromatic rings. The number of halogens is 1. The van der Waals surface area contributed by atoms with E-state index in [9.17, 15) is 9.90 Å². The number of fused-ring (bicyclic) bond motifs is 1. The number of piperazine rings is 1. The van der Waals surface area contributed by atoms with Crippen molar-refractivity contribution in [2.24, 2.45) is 0 Å². The predicted molar refractivity (Wildman–Crippen MR) is 151 cm³/mol. The minimum atomic E-state index is -0.789. The van der Waals surface area contributed by atoms with Crippen LogP contribution in [0.5, 0.6) is 0 Å². The summed E-state index contributed by atoms with van der Waals surface area (Å²) in [7, 11) is 0. The number of aryl methyl sites for hydroxylation is 1. The van der Waals surface area contributed by atoms with Gasteiger partial charge in [-0.3, -0.25) is 9.69 Å². The third-order valence-electron chi connectivity index (χ3n) is 7.09. The standard InChI is InChI=1S/C28H33ClN6O2/c1-17(2)34-9-11-35(12-10-34)21-13-18(3)26-23(15-21)32-27(33-26)25-22(7-8-30-28(25)37)31-16-24(36)19-5-4-6-20(29)14-19/h4-8,13-15,17,24,36H,9-12,16H2,1-3H3,(H,32,33)(H2,30,31,37). The molecule has 0 spiro atoms. The highest BCUT2D eigenvalue weighted by atomic mass is 35.5. The van der Waals surface area contributed by atoms with Crippen LogP contribution in [0.25, 0.3) is 22.4 Å². The number of aromatic amines is 2. The van der Waals surface area contributed by atoms with Crippen molar-refractivity contribution in [3.05, 3.63) is 75.2 Å². The number of H-pyrrole nitrogens is 2. The van der Waals surface area contributed by atoms with Crippen LogP contribution in [-0.4, -0.2) is 63.7 Å². The molecular formula is C28H33ClN6O2. The molecule has 2 aromatic heterocycles. The van der Waals surface area contributed by atoms with Crippen molar-refractivity contribution in [1.29, 1.82) is 0 Å². The zero-order valence-electron chi connectivity index (χ0n) is 21.4. The molecule has 2 aromatic carbocycles. The second-order valence-corrected chi connectivity index (χ2v) is 10.3. The minimum absolute atomic E-state index is 0.211. The summed E-state index contributed by atoms with van der Waals surface area (Å²) >= 11 is 6.07. The van der Waals surface area contributed by atoms with E-state index in [-0.39, 0.29) is 12.1 Å². The average Bonchev–Trinajstić information content (AvgIpc) is 3.31. The molecule has 1 saturated heterocycles. The van der Waals surface area contributed by atoms with E-state index in [0.717, 1.165) is 48.5 Å². The average molecular weight is 521 g/mol. The van der Waals surface area contributed by atoms with E-state index < -0.39 is 6.10 Å². The molecule has 0 bridgehead atoms. The summed E-state index contributed by atoms with van der Waals surface area (Å²) < 4.78 is 0. The maximum absolute atomic E-state index is 12.9. The van der Waals surface area contributed by atoms with Crippen molar-refractivity contribution in [2.75, 3.05) is 42.9 Å². The van der Waals surface area contributed by atoms with Gasteiger partial charge < -0.3 is 25.3 Å². The van der Waals surface area contributed by atoms with Crippen LogP contribution in [0.15, 0.2) is 53.5 Å². The van der Waals surface area contributed by atoms with Crippen molar-refractivity contribution in [3.8, 4) is 11.4 Å². The van der Waals surface area contributed by atoms with E-state index in [2.05, 4.69) is 58.0 Å². The topological polar surface area (TPSA) is 100 Å². The maximum Gasteiger partial charge on any atom is 0.261 e. The molecule has 0 saturated carbocycles. The summed E-state index contributed by atoms with van der Waals surface area (Å²) in [6.07, 6.45) is 0.797. The minimum Gasteiger partial charge on any atom is -0.387 e. The molecule has 0 radical (unpaired) electrons. The van der Waals surface area contributed by atoms with Crippen LogP contribution >= 0.6 is 11.6 Å². The van der Waals surface area contributed by atoms with Gasteiger partial charge in [-0.2, -0.15) is 0 Å². The SMILES string of the molecule is Cc1cc(N2CCN(C(C)C)CC2)cc2[nH]c(-c3c(NCC(O)c4cccc(Cl)c4)cc[nH]c3=O)nc12. The first-order valence-corrected chi connectivity index (χ1v) is 13.1. The Balaban J connectivity index is 1.41. The van der Waals surface area contributed by atoms with Crippen LogP contribution in [0.3, 0.4) is 0 Å². The number of hydrogen-bond acceptors (Lipinski definition) is 6. The molecule has 194 valence electrons. The van der Waals surface area contributed by atoms with Crippen molar-refractivity contribution in [2.45, 2.75) is 32.9 Å². The largest absolute Gasteiger partial charge is 0.387 e. The normalized spacial score (nSPS) is 15.5. The monoisotopic (exact) mass is 520 g/mol. The van der Waals surface area contributed by atoms with Gasteiger partial charge in [-0.15, -0.1) is 0 Å². The van der Waals surface area contributed by atoms with Gasteiger partial charge in [0.2, 0.25) is 0 Å². The first-order chi connectivity index (χ1) is 17.8. The molecule has 5 rings (SSSR count). The van der Waals surface area contributed by atoms with Gasteiger partial charge >= 0.3 is 0 Å². The first kappa shape index (κ1) is 25.3. The number of nitrogens with one attached hydrogen (secondary N) is 3. The molecular weight excluding hydrogens is 488 g/mol. The number of aliphatic hydroxyl groups is 1. The lowest BCUT2D eigenvalue weighted by Gasteiger charge is -2.38. The number of hydrogen-bond donors (Lipinski definition) is 4. The number of pyridine rings is 1. The molecule has 8 nitrogen and oxygen atoms in total. The zero-order chi connectivity index (χ0) is 26.1. The van der Waals surface area contributed by atoms with Crippen molar-refractivity contribution in [1.82, 2.24) is 19.9 Å². The van der Waals surface area contributed by atoms with Crippen LogP contribution in [0.1, 0.15) is 31.1 Å². The molecule has 1 atom stereocenters. The molecule has 1 unspecified atom stereocenters. The van der Waals surface area contributed by atoms with Crippen LogP contribution < -0.4 is 15.8 Å². The Labute approximate surface area is 221 Å². The van der Waals surface area contributed by atoms with E-state index in [1.807, 2.05) is 6.07 Å². The van der Waals surface area contributed by atoms with Crippen LogP contribution in [0.2, 0.25) is 5.02 Å². The lowest BCUT2D eigenvalue weighted by molar-refractivity contribution is 0.191. The fraction of sp³-hybridized carbons (Fsp3) is 0.357. The van der Waals surface area contributed by atoms with Gasteiger partial charge in [0.1, 0.15) is 11.4 Å². The Bertz CT molecular complexity index is 1450.